The third-order valence-electron chi connectivity index (χ3n) is 3.80. The number of thioether (sulfide) groups is 1. The summed E-state index contributed by atoms with van der Waals surface area (Å²) in [4.78, 5) is 13.4. The van der Waals surface area contributed by atoms with Gasteiger partial charge in [-0.2, -0.15) is 0 Å². The summed E-state index contributed by atoms with van der Waals surface area (Å²) in [6.45, 7) is 0. The molecule has 1 aromatic carbocycles. The highest BCUT2D eigenvalue weighted by atomic mass is 35.5. The Morgan fingerprint density at radius 1 is 1.35 bits per heavy atom. The number of hydrogen-bond donors (Lipinski definition) is 2. The van der Waals surface area contributed by atoms with Crippen LogP contribution in [0.3, 0.4) is 0 Å². The van der Waals surface area contributed by atoms with Gasteiger partial charge in [0.15, 0.2) is 0 Å². The summed E-state index contributed by atoms with van der Waals surface area (Å²) >= 11 is 7.73. The number of hydrogen-bond acceptors (Lipinski definition) is 3. The Morgan fingerprint density at radius 2 is 2.10 bits per heavy atom. The largest absolute Gasteiger partial charge is 0.348 e. The highest BCUT2D eigenvalue weighted by Gasteiger charge is 2.23. The summed E-state index contributed by atoms with van der Waals surface area (Å²) in [5, 5.41) is 3.55. The van der Waals surface area contributed by atoms with Crippen LogP contribution in [0.1, 0.15) is 42.5 Å². The number of halogens is 1. The molecule has 1 aliphatic carbocycles. The molecule has 20 heavy (non-hydrogen) atoms. The van der Waals surface area contributed by atoms with Gasteiger partial charge in [0.1, 0.15) is 0 Å². The average molecular weight is 313 g/mol. The number of amides is 1. The van der Waals surface area contributed by atoms with Gasteiger partial charge in [-0.3, -0.25) is 4.79 Å². The van der Waals surface area contributed by atoms with Crippen LogP contribution in [0.4, 0.5) is 0 Å². The second kappa shape index (κ2) is 7.34. The third-order valence-corrected chi connectivity index (χ3v) is 4.86. The van der Waals surface area contributed by atoms with Crippen molar-refractivity contribution in [2.45, 2.75) is 49.1 Å². The van der Waals surface area contributed by atoms with E-state index in [1.165, 1.54) is 6.42 Å². The molecule has 0 bridgehead atoms. The summed E-state index contributed by atoms with van der Waals surface area (Å²) in [6.07, 6.45) is 7.37. The summed E-state index contributed by atoms with van der Waals surface area (Å²) < 4.78 is 0. The molecule has 3 N–H and O–H groups in total. The predicted octanol–water partition coefficient (Wildman–Crippen LogP) is 3.45. The van der Waals surface area contributed by atoms with E-state index < -0.39 is 0 Å². The fourth-order valence-corrected chi connectivity index (χ4v) is 3.21. The van der Waals surface area contributed by atoms with Crippen LogP contribution in [-0.4, -0.2) is 24.2 Å². The fourth-order valence-electron chi connectivity index (χ4n) is 2.57. The zero-order valence-electron chi connectivity index (χ0n) is 11.7. The van der Waals surface area contributed by atoms with Gasteiger partial charge in [-0.25, -0.2) is 0 Å². The molecule has 2 unspecified atom stereocenters. The van der Waals surface area contributed by atoms with Crippen LogP contribution in [-0.2, 0) is 0 Å². The quantitative estimate of drug-likeness (QED) is 0.664. The highest BCUT2D eigenvalue weighted by molar-refractivity contribution is 7.98. The van der Waals surface area contributed by atoms with Gasteiger partial charge in [0.2, 0.25) is 0 Å². The normalized spacial score (nSPS) is 23.1. The molecular weight excluding hydrogens is 292 g/mol. The SMILES string of the molecule is CSc1ccc(Cl)c(C(=O)NC2CCCCCC2N)c1. The molecule has 1 aliphatic rings. The Labute approximate surface area is 129 Å². The Balaban J connectivity index is 2.10. The molecule has 2 rings (SSSR count). The Bertz CT molecular complexity index is 481. The van der Waals surface area contributed by atoms with E-state index in [1.54, 1.807) is 17.8 Å². The molecule has 110 valence electrons. The first kappa shape index (κ1) is 15.7. The standard InChI is InChI=1S/C15H21ClN2OS/c1-20-10-7-8-12(16)11(9-10)15(19)18-14-6-4-2-3-5-13(14)17/h7-9,13-14H,2-6,17H2,1H3,(H,18,19). The summed E-state index contributed by atoms with van der Waals surface area (Å²) in [7, 11) is 0. The van der Waals surface area contributed by atoms with E-state index >= 15 is 0 Å². The van der Waals surface area contributed by atoms with E-state index in [0.29, 0.717) is 10.6 Å². The topological polar surface area (TPSA) is 55.1 Å². The average Bonchev–Trinajstić information content (AvgIpc) is 2.64. The van der Waals surface area contributed by atoms with Gasteiger partial charge in [0, 0.05) is 17.0 Å². The van der Waals surface area contributed by atoms with Crippen LogP contribution < -0.4 is 11.1 Å². The predicted molar refractivity (Wildman–Crippen MR) is 85.5 cm³/mol. The zero-order chi connectivity index (χ0) is 14.5. The van der Waals surface area contributed by atoms with E-state index in [1.807, 2.05) is 18.4 Å². The maximum absolute atomic E-state index is 12.4. The minimum atomic E-state index is -0.117. The monoisotopic (exact) mass is 312 g/mol. The van der Waals surface area contributed by atoms with Gasteiger partial charge >= 0.3 is 0 Å². The van der Waals surface area contributed by atoms with E-state index in [-0.39, 0.29) is 18.0 Å². The molecule has 5 heteroatoms. The van der Waals surface area contributed by atoms with Gasteiger partial charge in [0.05, 0.1) is 10.6 Å². The molecule has 0 radical (unpaired) electrons. The molecule has 0 saturated heterocycles. The van der Waals surface area contributed by atoms with E-state index in [4.69, 9.17) is 17.3 Å². The van der Waals surface area contributed by atoms with Crippen molar-refractivity contribution < 1.29 is 4.79 Å². The van der Waals surface area contributed by atoms with Gasteiger partial charge in [-0.1, -0.05) is 30.9 Å². The first-order valence-corrected chi connectivity index (χ1v) is 8.62. The van der Waals surface area contributed by atoms with Crippen molar-refractivity contribution in [3.8, 4) is 0 Å². The molecule has 0 aliphatic heterocycles. The summed E-state index contributed by atoms with van der Waals surface area (Å²) in [5.41, 5.74) is 6.68. The number of carbonyl (C=O) groups excluding carboxylic acids is 1. The van der Waals surface area contributed by atoms with E-state index in [2.05, 4.69) is 5.32 Å². The van der Waals surface area contributed by atoms with E-state index in [9.17, 15) is 4.79 Å². The minimum Gasteiger partial charge on any atom is -0.348 e. The van der Waals surface area contributed by atoms with Gasteiger partial charge in [0.25, 0.3) is 5.91 Å². The molecular formula is C15H21ClN2OS. The Morgan fingerprint density at radius 3 is 2.85 bits per heavy atom. The molecule has 1 aromatic rings. The number of carbonyl (C=O) groups is 1. The lowest BCUT2D eigenvalue weighted by atomic mass is 10.0. The van der Waals surface area contributed by atoms with Crippen molar-refractivity contribution in [3.63, 3.8) is 0 Å². The zero-order valence-corrected chi connectivity index (χ0v) is 13.3. The Hall–Kier alpha value is -0.710. The number of nitrogens with two attached hydrogens (primary N) is 1. The smallest absolute Gasteiger partial charge is 0.253 e. The fraction of sp³-hybridized carbons (Fsp3) is 0.533. The maximum atomic E-state index is 12.4. The molecule has 3 nitrogen and oxygen atoms in total. The molecule has 1 saturated carbocycles. The Kier molecular flexibility index (Phi) is 5.75. The molecule has 1 amide bonds. The van der Waals surface area contributed by atoms with Crippen molar-refractivity contribution in [2.75, 3.05) is 6.26 Å². The van der Waals surface area contributed by atoms with Gasteiger partial charge in [-0.15, -0.1) is 11.8 Å². The van der Waals surface area contributed by atoms with Gasteiger partial charge in [-0.05, 0) is 37.3 Å². The first-order valence-electron chi connectivity index (χ1n) is 7.02. The molecule has 2 atom stereocenters. The lowest BCUT2D eigenvalue weighted by Crippen LogP contribution is -2.47. The van der Waals surface area contributed by atoms with Crippen LogP contribution in [0.5, 0.6) is 0 Å². The van der Waals surface area contributed by atoms with E-state index in [0.717, 1.165) is 30.6 Å². The number of rotatable bonds is 3. The molecule has 0 spiro atoms. The van der Waals surface area contributed by atoms with Crippen molar-refractivity contribution in [1.29, 1.82) is 0 Å². The molecule has 1 fully saturated rings. The maximum Gasteiger partial charge on any atom is 0.253 e. The summed E-state index contributed by atoms with van der Waals surface area (Å²) in [5.74, 6) is -0.117. The molecule has 0 heterocycles. The summed E-state index contributed by atoms with van der Waals surface area (Å²) in [6, 6.07) is 5.63. The van der Waals surface area contributed by atoms with Crippen LogP contribution in [0.15, 0.2) is 23.1 Å². The first-order chi connectivity index (χ1) is 9.61. The van der Waals surface area contributed by atoms with Gasteiger partial charge < -0.3 is 11.1 Å². The molecule has 0 aromatic heterocycles. The highest BCUT2D eigenvalue weighted by Crippen LogP contribution is 2.24. The van der Waals surface area contributed by atoms with Crippen molar-refractivity contribution in [1.82, 2.24) is 5.32 Å². The van der Waals surface area contributed by atoms with Crippen molar-refractivity contribution >= 4 is 29.3 Å². The second-order valence-electron chi connectivity index (χ2n) is 5.23. The number of nitrogens with one attached hydrogen (secondary N) is 1. The van der Waals surface area contributed by atoms with Crippen molar-refractivity contribution in [2.24, 2.45) is 5.73 Å². The minimum absolute atomic E-state index is 0.0453. The van der Waals surface area contributed by atoms with Crippen LogP contribution in [0, 0.1) is 0 Å². The van der Waals surface area contributed by atoms with Crippen molar-refractivity contribution in [3.05, 3.63) is 28.8 Å². The lowest BCUT2D eigenvalue weighted by molar-refractivity contribution is 0.0928. The van der Waals surface area contributed by atoms with Crippen LogP contribution >= 0.6 is 23.4 Å². The third kappa shape index (κ3) is 3.90. The van der Waals surface area contributed by atoms with Crippen LogP contribution in [0.2, 0.25) is 5.02 Å². The number of benzene rings is 1. The second-order valence-corrected chi connectivity index (χ2v) is 6.51. The van der Waals surface area contributed by atoms with Crippen LogP contribution in [0.25, 0.3) is 0 Å². The lowest BCUT2D eigenvalue weighted by Gasteiger charge is -2.23.